The van der Waals surface area contributed by atoms with Crippen molar-refractivity contribution in [3.63, 3.8) is 0 Å². The van der Waals surface area contributed by atoms with Crippen LogP contribution < -0.4 is 10.6 Å². The SMILES string of the molecule is O=C(Nc1ccc(Cl)cc1)Nc1ncc(-c2ccc(C(=O)CC(CCc3ccccc3)C(=O)O)cc2)cn1. The van der Waals surface area contributed by atoms with Crippen LogP contribution in [-0.2, 0) is 11.2 Å². The van der Waals surface area contributed by atoms with Gasteiger partial charge in [0.2, 0.25) is 5.95 Å². The van der Waals surface area contributed by atoms with Gasteiger partial charge in [-0.3, -0.25) is 14.9 Å². The van der Waals surface area contributed by atoms with Gasteiger partial charge >= 0.3 is 12.0 Å². The molecule has 38 heavy (non-hydrogen) atoms. The highest BCUT2D eigenvalue weighted by molar-refractivity contribution is 6.30. The van der Waals surface area contributed by atoms with E-state index >= 15 is 0 Å². The van der Waals surface area contributed by atoms with Crippen LogP contribution in [0.15, 0.2) is 91.3 Å². The lowest BCUT2D eigenvalue weighted by molar-refractivity contribution is -0.141. The topological polar surface area (TPSA) is 121 Å². The van der Waals surface area contributed by atoms with Gasteiger partial charge in [-0.2, -0.15) is 0 Å². The molecule has 0 aliphatic rings. The van der Waals surface area contributed by atoms with E-state index in [2.05, 4.69) is 20.6 Å². The van der Waals surface area contributed by atoms with Crippen molar-refractivity contribution in [2.75, 3.05) is 10.6 Å². The van der Waals surface area contributed by atoms with Crippen LogP contribution in [0.2, 0.25) is 5.02 Å². The van der Waals surface area contributed by atoms with Crippen LogP contribution in [0.3, 0.4) is 0 Å². The zero-order valence-corrected chi connectivity index (χ0v) is 21.1. The first-order chi connectivity index (χ1) is 18.4. The highest BCUT2D eigenvalue weighted by atomic mass is 35.5. The van der Waals surface area contributed by atoms with Gasteiger partial charge in [-0.1, -0.05) is 66.2 Å². The highest BCUT2D eigenvalue weighted by Gasteiger charge is 2.22. The number of halogens is 1. The van der Waals surface area contributed by atoms with E-state index in [9.17, 15) is 19.5 Å². The maximum absolute atomic E-state index is 12.8. The Morgan fingerprint density at radius 3 is 2.11 bits per heavy atom. The van der Waals surface area contributed by atoms with E-state index in [1.54, 1.807) is 60.9 Å². The summed E-state index contributed by atoms with van der Waals surface area (Å²) in [4.78, 5) is 45.0. The minimum atomic E-state index is -0.974. The molecular formula is C29H25ClN4O4. The minimum absolute atomic E-state index is 0.0664. The van der Waals surface area contributed by atoms with Gasteiger partial charge < -0.3 is 10.4 Å². The van der Waals surface area contributed by atoms with Gasteiger partial charge in [-0.25, -0.2) is 14.8 Å². The van der Waals surface area contributed by atoms with E-state index in [0.29, 0.717) is 34.7 Å². The van der Waals surface area contributed by atoms with Crippen molar-refractivity contribution in [2.45, 2.75) is 19.3 Å². The molecule has 4 rings (SSSR count). The molecule has 0 fully saturated rings. The van der Waals surface area contributed by atoms with Crippen molar-refractivity contribution >= 4 is 41.0 Å². The zero-order chi connectivity index (χ0) is 26.9. The van der Waals surface area contributed by atoms with Crippen LogP contribution in [0.4, 0.5) is 16.4 Å². The molecule has 9 heteroatoms. The van der Waals surface area contributed by atoms with Gasteiger partial charge in [0.15, 0.2) is 5.78 Å². The average Bonchev–Trinajstić information content (AvgIpc) is 2.93. The van der Waals surface area contributed by atoms with Crippen molar-refractivity contribution < 1.29 is 19.5 Å². The number of nitrogens with zero attached hydrogens (tertiary/aromatic N) is 2. The fraction of sp³-hybridized carbons (Fsp3) is 0.138. The number of carboxylic acids is 1. The molecule has 0 aliphatic carbocycles. The van der Waals surface area contributed by atoms with Crippen LogP contribution in [-0.4, -0.2) is 32.9 Å². The average molecular weight is 529 g/mol. The van der Waals surface area contributed by atoms with Gasteiger partial charge in [0.05, 0.1) is 5.92 Å². The molecule has 192 valence electrons. The molecule has 8 nitrogen and oxygen atoms in total. The first kappa shape index (κ1) is 26.5. The standard InChI is InChI=1S/C29H25ClN4O4/c30-24-12-14-25(15-13-24)33-29(38)34-28-31-17-23(18-32-28)20-8-10-21(11-9-20)26(35)16-22(27(36)37)7-6-19-4-2-1-3-5-19/h1-5,8-15,17-18,22H,6-7,16H2,(H,36,37)(H2,31,32,33,34,38). The largest absolute Gasteiger partial charge is 0.481 e. The Morgan fingerprint density at radius 2 is 1.47 bits per heavy atom. The second-order valence-electron chi connectivity index (χ2n) is 8.65. The number of ketones is 1. The number of Topliss-reactive ketones (excluding diaryl/α,β-unsaturated/α-hetero) is 1. The van der Waals surface area contributed by atoms with Crippen molar-refractivity contribution in [2.24, 2.45) is 5.92 Å². The van der Waals surface area contributed by atoms with E-state index in [1.807, 2.05) is 30.3 Å². The molecular weight excluding hydrogens is 504 g/mol. The molecule has 3 aromatic carbocycles. The Kier molecular flexibility index (Phi) is 8.79. The molecule has 0 saturated carbocycles. The number of rotatable bonds is 10. The number of hydrogen-bond acceptors (Lipinski definition) is 5. The lowest BCUT2D eigenvalue weighted by Crippen LogP contribution is -2.20. The summed E-state index contributed by atoms with van der Waals surface area (Å²) in [5.41, 5.74) is 3.53. The molecule has 1 atom stereocenters. The number of aromatic nitrogens is 2. The Bertz CT molecular complexity index is 1390. The number of amides is 2. The third-order valence-electron chi connectivity index (χ3n) is 5.92. The second kappa shape index (κ2) is 12.6. The van der Waals surface area contributed by atoms with Crippen molar-refractivity contribution in [3.05, 3.63) is 107 Å². The number of anilines is 2. The summed E-state index contributed by atoms with van der Waals surface area (Å²) in [6.45, 7) is 0. The normalized spacial score (nSPS) is 11.4. The number of carboxylic acid groups (broad SMARTS) is 1. The number of nitrogens with one attached hydrogen (secondary N) is 2. The zero-order valence-electron chi connectivity index (χ0n) is 20.3. The molecule has 0 aliphatic heterocycles. The molecule has 0 saturated heterocycles. The lowest BCUT2D eigenvalue weighted by Gasteiger charge is -2.12. The van der Waals surface area contributed by atoms with Gasteiger partial charge in [0.25, 0.3) is 0 Å². The maximum Gasteiger partial charge on any atom is 0.326 e. The van der Waals surface area contributed by atoms with Crippen molar-refractivity contribution in [3.8, 4) is 11.1 Å². The molecule has 1 heterocycles. The Morgan fingerprint density at radius 1 is 0.816 bits per heavy atom. The maximum atomic E-state index is 12.8. The van der Waals surface area contributed by atoms with Crippen molar-refractivity contribution in [1.82, 2.24) is 9.97 Å². The van der Waals surface area contributed by atoms with E-state index in [-0.39, 0.29) is 18.2 Å². The second-order valence-corrected chi connectivity index (χ2v) is 9.08. The van der Waals surface area contributed by atoms with Gasteiger partial charge in [0, 0.05) is 40.7 Å². The number of hydrogen-bond donors (Lipinski definition) is 3. The molecule has 1 aromatic heterocycles. The Balaban J connectivity index is 1.32. The van der Waals surface area contributed by atoms with Gasteiger partial charge in [0.1, 0.15) is 0 Å². The van der Waals surface area contributed by atoms with Crippen LogP contribution in [0.25, 0.3) is 11.1 Å². The number of carbonyl (C=O) groups excluding carboxylic acids is 2. The fourth-order valence-electron chi connectivity index (χ4n) is 3.83. The summed E-state index contributed by atoms with van der Waals surface area (Å²) >= 11 is 5.84. The predicted octanol–water partition coefficient (Wildman–Crippen LogP) is 6.35. The molecule has 4 aromatic rings. The third-order valence-corrected chi connectivity index (χ3v) is 6.18. The molecule has 0 spiro atoms. The summed E-state index contributed by atoms with van der Waals surface area (Å²) in [7, 11) is 0. The van der Waals surface area contributed by atoms with Crippen LogP contribution in [0.1, 0.15) is 28.8 Å². The minimum Gasteiger partial charge on any atom is -0.481 e. The van der Waals surface area contributed by atoms with Crippen LogP contribution >= 0.6 is 11.6 Å². The quantitative estimate of drug-likeness (QED) is 0.206. The lowest BCUT2D eigenvalue weighted by atomic mass is 9.92. The smallest absolute Gasteiger partial charge is 0.326 e. The number of benzene rings is 3. The van der Waals surface area contributed by atoms with E-state index in [4.69, 9.17) is 11.6 Å². The third kappa shape index (κ3) is 7.47. The Hall–Kier alpha value is -4.56. The molecule has 1 unspecified atom stereocenters. The van der Waals surface area contributed by atoms with E-state index in [0.717, 1.165) is 11.1 Å². The summed E-state index contributed by atoms with van der Waals surface area (Å²) in [5, 5.41) is 15.4. The van der Waals surface area contributed by atoms with Gasteiger partial charge in [-0.05, 0) is 48.2 Å². The van der Waals surface area contributed by atoms with Crippen molar-refractivity contribution in [1.29, 1.82) is 0 Å². The van der Waals surface area contributed by atoms with E-state index < -0.39 is 17.9 Å². The monoisotopic (exact) mass is 528 g/mol. The van der Waals surface area contributed by atoms with Crippen LogP contribution in [0.5, 0.6) is 0 Å². The van der Waals surface area contributed by atoms with Gasteiger partial charge in [-0.15, -0.1) is 0 Å². The number of carbonyl (C=O) groups is 3. The number of aryl methyl sites for hydroxylation is 1. The molecule has 3 N–H and O–H groups in total. The summed E-state index contributed by atoms with van der Waals surface area (Å²) in [6, 6.07) is 22.6. The summed E-state index contributed by atoms with van der Waals surface area (Å²) in [5.74, 6) is -1.83. The predicted molar refractivity (Wildman–Crippen MR) is 146 cm³/mol. The van der Waals surface area contributed by atoms with Crippen LogP contribution in [0, 0.1) is 5.92 Å². The summed E-state index contributed by atoms with van der Waals surface area (Å²) in [6.07, 6.45) is 4.04. The molecule has 0 bridgehead atoms. The molecule has 2 amide bonds. The summed E-state index contributed by atoms with van der Waals surface area (Å²) < 4.78 is 0. The van der Waals surface area contributed by atoms with E-state index in [1.165, 1.54) is 0 Å². The molecule has 0 radical (unpaired) electrons. The highest BCUT2D eigenvalue weighted by Crippen LogP contribution is 2.22. The fourth-order valence-corrected chi connectivity index (χ4v) is 3.95. The first-order valence-electron chi connectivity index (χ1n) is 11.9. The number of urea groups is 1. The first-order valence-corrected chi connectivity index (χ1v) is 12.3. The number of aliphatic carboxylic acids is 1. The Labute approximate surface area is 224 Å².